The van der Waals surface area contributed by atoms with Gasteiger partial charge in [0.05, 0.1) is 5.60 Å². The maximum absolute atomic E-state index is 9.95. The molecule has 0 aromatic heterocycles. The molecule has 1 aliphatic heterocycles. The van der Waals surface area contributed by atoms with E-state index in [4.69, 9.17) is 17.3 Å². The van der Waals surface area contributed by atoms with Crippen LogP contribution < -0.4 is 10.6 Å². The van der Waals surface area contributed by atoms with Gasteiger partial charge in [0, 0.05) is 30.3 Å². The third kappa shape index (κ3) is 2.32. The van der Waals surface area contributed by atoms with Gasteiger partial charge in [-0.3, -0.25) is 0 Å². The number of hydrogen-bond donors (Lipinski definition) is 2. The molecule has 0 amide bonds. The van der Waals surface area contributed by atoms with Crippen LogP contribution in [0.5, 0.6) is 0 Å². The third-order valence-electron chi connectivity index (χ3n) is 3.05. The van der Waals surface area contributed by atoms with Crippen LogP contribution in [-0.4, -0.2) is 23.8 Å². The van der Waals surface area contributed by atoms with Gasteiger partial charge in [-0.05, 0) is 37.1 Å². The summed E-state index contributed by atoms with van der Waals surface area (Å²) in [5.41, 5.74) is 7.24. The van der Waals surface area contributed by atoms with Gasteiger partial charge in [0.2, 0.25) is 0 Å². The summed E-state index contributed by atoms with van der Waals surface area (Å²) >= 11 is 5.93. The Morgan fingerprint density at radius 2 is 2.31 bits per heavy atom. The number of rotatable bonds is 2. The molecule has 0 saturated carbocycles. The van der Waals surface area contributed by atoms with Crippen LogP contribution in [-0.2, 0) is 6.54 Å². The molecule has 4 heteroatoms. The Balaban J connectivity index is 2.27. The predicted molar refractivity (Wildman–Crippen MR) is 66.8 cm³/mol. The SMILES string of the molecule is CC1(O)CCN(c2ccc(Cl)cc2CN)C1. The fraction of sp³-hybridized carbons (Fsp3) is 0.500. The molecule has 16 heavy (non-hydrogen) atoms. The van der Waals surface area contributed by atoms with E-state index in [1.165, 1.54) is 0 Å². The van der Waals surface area contributed by atoms with Crippen molar-refractivity contribution < 1.29 is 5.11 Å². The molecule has 0 spiro atoms. The second-order valence-electron chi connectivity index (χ2n) is 4.65. The molecule has 1 heterocycles. The number of halogens is 1. The molecule has 1 saturated heterocycles. The molecule has 3 nitrogen and oxygen atoms in total. The average molecular weight is 241 g/mol. The Bertz CT molecular complexity index is 393. The standard InChI is InChI=1S/C12H17ClN2O/c1-12(16)4-5-15(8-12)11-3-2-10(13)6-9(11)7-14/h2-3,6,16H,4-5,7-8,14H2,1H3. The van der Waals surface area contributed by atoms with Crippen LogP contribution in [0.25, 0.3) is 0 Å². The van der Waals surface area contributed by atoms with Crippen molar-refractivity contribution in [3.05, 3.63) is 28.8 Å². The quantitative estimate of drug-likeness (QED) is 0.828. The number of benzene rings is 1. The van der Waals surface area contributed by atoms with E-state index in [0.717, 1.165) is 24.2 Å². The van der Waals surface area contributed by atoms with Gasteiger partial charge in [-0.25, -0.2) is 0 Å². The zero-order chi connectivity index (χ0) is 11.8. The van der Waals surface area contributed by atoms with Gasteiger partial charge in [0.15, 0.2) is 0 Å². The van der Waals surface area contributed by atoms with E-state index in [0.29, 0.717) is 18.1 Å². The van der Waals surface area contributed by atoms with Crippen LogP contribution in [0.3, 0.4) is 0 Å². The van der Waals surface area contributed by atoms with Gasteiger partial charge in [0.25, 0.3) is 0 Å². The lowest BCUT2D eigenvalue weighted by Crippen LogP contribution is -2.30. The van der Waals surface area contributed by atoms with Crippen LogP contribution in [0.15, 0.2) is 18.2 Å². The van der Waals surface area contributed by atoms with E-state index in [-0.39, 0.29) is 0 Å². The van der Waals surface area contributed by atoms with Gasteiger partial charge in [-0.15, -0.1) is 0 Å². The van der Waals surface area contributed by atoms with Crippen LogP contribution in [0, 0.1) is 0 Å². The fourth-order valence-corrected chi connectivity index (χ4v) is 2.37. The first-order chi connectivity index (χ1) is 7.52. The van der Waals surface area contributed by atoms with E-state index < -0.39 is 5.60 Å². The molecular formula is C12H17ClN2O. The van der Waals surface area contributed by atoms with Gasteiger partial charge < -0.3 is 15.7 Å². The molecule has 0 aliphatic carbocycles. The predicted octanol–water partition coefficient (Wildman–Crippen LogP) is 1.76. The molecule has 88 valence electrons. The molecule has 1 aromatic carbocycles. The number of anilines is 1. The monoisotopic (exact) mass is 240 g/mol. The molecule has 1 atom stereocenters. The van der Waals surface area contributed by atoms with Crippen molar-refractivity contribution in [2.24, 2.45) is 5.73 Å². The summed E-state index contributed by atoms with van der Waals surface area (Å²) in [6.07, 6.45) is 0.791. The van der Waals surface area contributed by atoms with E-state index in [2.05, 4.69) is 4.90 Å². The van der Waals surface area contributed by atoms with Crippen LogP contribution in [0.4, 0.5) is 5.69 Å². The molecule has 3 N–H and O–H groups in total. The van der Waals surface area contributed by atoms with Gasteiger partial charge >= 0.3 is 0 Å². The summed E-state index contributed by atoms with van der Waals surface area (Å²) in [5.74, 6) is 0. The third-order valence-corrected chi connectivity index (χ3v) is 3.29. The zero-order valence-electron chi connectivity index (χ0n) is 9.41. The van der Waals surface area contributed by atoms with Crippen molar-refractivity contribution in [2.45, 2.75) is 25.5 Å². The number of nitrogens with two attached hydrogens (primary N) is 1. The molecule has 1 aliphatic rings. The molecule has 1 fully saturated rings. The summed E-state index contributed by atoms with van der Waals surface area (Å²) in [6, 6.07) is 5.74. The highest BCUT2D eigenvalue weighted by Crippen LogP contribution is 2.30. The largest absolute Gasteiger partial charge is 0.388 e. The highest BCUT2D eigenvalue weighted by atomic mass is 35.5. The maximum Gasteiger partial charge on any atom is 0.0810 e. The number of β-amino-alcohol motifs (C(OH)–C–C–N with tert-alkyl or cyclic N) is 1. The van der Waals surface area contributed by atoms with Crippen molar-refractivity contribution in [3.8, 4) is 0 Å². The van der Waals surface area contributed by atoms with E-state index >= 15 is 0 Å². The first-order valence-corrected chi connectivity index (χ1v) is 5.85. The zero-order valence-corrected chi connectivity index (χ0v) is 10.2. The minimum atomic E-state index is -0.592. The van der Waals surface area contributed by atoms with Crippen LogP contribution in [0.2, 0.25) is 5.02 Å². The Kier molecular flexibility index (Phi) is 3.10. The lowest BCUT2D eigenvalue weighted by atomic mass is 10.1. The van der Waals surface area contributed by atoms with E-state index in [1.54, 1.807) is 0 Å². The second kappa shape index (κ2) is 4.24. The first kappa shape index (κ1) is 11.7. The minimum absolute atomic E-state index is 0.467. The highest BCUT2D eigenvalue weighted by molar-refractivity contribution is 6.30. The molecule has 0 bridgehead atoms. The van der Waals surface area contributed by atoms with Crippen molar-refractivity contribution in [1.82, 2.24) is 0 Å². The van der Waals surface area contributed by atoms with Crippen molar-refractivity contribution in [3.63, 3.8) is 0 Å². The lowest BCUT2D eigenvalue weighted by molar-refractivity contribution is 0.0839. The van der Waals surface area contributed by atoms with Gasteiger partial charge in [-0.1, -0.05) is 11.6 Å². The Morgan fingerprint density at radius 1 is 1.56 bits per heavy atom. The van der Waals surface area contributed by atoms with Gasteiger partial charge in [-0.2, -0.15) is 0 Å². The number of hydrogen-bond acceptors (Lipinski definition) is 3. The number of nitrogens with zero attached hydrogens (tertiary/aromatic N) is 1. The summed E-state index contributed by atoms with van der Waals surface area (Å²) < 4.78 is 0. The highest BCUT2D eigenvalue weighted by Gasteiger charge is 2.32. The first-order valence-electron chi connectivity index (χ1n) is 5.48. The maximum atomic E-state index is 9.95. The molecule has 1 unspecified atom stereocenters. The summed E-state index contributed by atoms with van der Waals surface area (Å²) in [4.78, 5) is 2.17. The summed E-state index contributed by atoms with van der Waals surface area (Å²) in [6.45, 7) is 3.85. The topological polar surface area (TPSA) is 49.5 Å². The van der Waals surface area contributed by atoms with Gasteiger partial charge in [0.1, 0.15) is 0 Å². The van der Waals surface area contributed by atoms with Crippen LogP contribution >= 0.6 is 11.6 Å². The molecule has 0 radical (unpaired) electrons. The summed E-state index contributed by atoms with van der Waals surface area (Å²) in [7, 11) is 0. The Hall–Kier alpha value is -0.770. The number of aliphatic hydroxyl groups is 1. The van der Waals surface area contributed by atoms with Crippen LogP contribution in [0.1, 0.15) is 18.9 Å². The average Bonchev–Trinajstić information content (AvgIpc) is 2.58. The Morgan fingerprint density at radius 3 is 2.88 bits per heavy atom. The summed E-state index contributed by atoms with van der Waals surface area (Å²) in [5, 5.41) is 10.6. The fourth-order valence-electron chi connectivity index (χ4n) is 2.18. The Labute approximate surface area is 101 Å². The van der Waals surface area contributed by atoms with Crippen molar-refractivity contribution >= 4 is 17.3 Å². The second-order valence-corrected chi connectivity index (χ2v) is 5.08. The van der Waals surface area contributed by atoms with Crippen molar-refractivity contribution in [2.75, 3.05) is 18.0 Å². The molecule has 1 aromatic rings. The van der Waals surface area contributed by atoms with E-state index in [1.807, 2.05) is 25.1 Å². The smallest absolute Gasteiger partial charge is 0.0810 e. The molecule has 2 rings (SSSR count). The van der Waals surface area contributed by atoms with Crippen molar-refractivity contribution in [1.29, 1.82) is 0 Å². The minimum Gasteiger partial charge on any atom is -0.388 e. The van der Waals surface area contributed by atoms with E-state index in [9.17, 15) is 5.11 Å². The normalized spacial score (nSPS) is 25.1. The molecular weight excluding hydrogens is 224 g/mol. The lowest BCUT2D eigenvalue weighted by Gasteiger charge is -2.23.